The van der Waals surface area contributed by atoms with E-state index in [0.29, 0.717) is 18.3 Å². The van der Waals surface area contributed by atoms with Gasteiger partial charge in [0, 0.05) is 0 Å². The van der Waals surface area contributed by atoms with Gasteiger partial charge in [-0.25, -0.2) is 4.39 Å². The summed E-state index contributed by atoms with van der Waals surface area (Å²) in [5, 5.41) is 8.73. The van der Waals surface area contributed by atoms with E-state index < -0.39 is 5.82 Å². The Morgan fingerprint density at radius 2 is 2.00 bits per heavy atom. The third-order valence-electron chi connectivity index (χ3n) is 4.57. The van der Waals surface area contributed by atoms with Crippen molar-refractivity contribution in [1.82, 2.24) is 0 Å². The van der Waals surface area contributed by atoms with Crippen molar-refractivity contribution in [2.75, 3.05) is 6.67 Å². The Hall–Kier alpha value is -1.69. The van der Waals surface area contributed by atoms with Crippen LogP contribution in [0.5, 0.6) is 0 Å². The number of hydrogen-bond donors (Lipinski definition) is 0. The van der Waals surface area contributed by atoms with E-state index in [9.17, 15) is 8.78 Å². The van der Waals surface area contributed by atoms with E-state index in [4.69, 9.17) is 5.26 Å². The first-order chi connectivity index (χ1) is 10.7. The summed E-state index contributed by atoms with van der Waals surface area (Å²) in [5.41, 5.74) is 1.09. The molecule has 0 bridgehead atoms. The molecule has 1 aromatic carbocycles. The fourth-order valence-electron chi connectivity index (χ4n) is 3.20. The molecule has 3 heteroatoms. The highest BCUT2D eigenvalue weighted by atomic mass is 19.1. The van der Waals surface area contributed by atoms with Gasteiger partial charge < -0.3 is 0 Å². The molecule has 0 aliphatic heterocycles. The van der Waals surface area contributed by atoms with Crippen LogP contribution < -0.4 is 0 Å². The summed E-state index contributed by atoms with van der Waals surface area (Å²) in [6.45, 7) is -0.271. The average Bonchev–Trinajstić information content (AvgIpc) is 2.54. The summed E-state index contributed by atoms with van der Waals surface area (Å²) in [6, 6.07) is 6.76. The Morgan fingerprint density at radius 1 is 1.23 bits per heavy atom. The molecular weight excluding hydrogens is 280 g/mol. The van der Waals surface area contributed by atoms with E-state index >= 15 is 0 Å². The highest BCUT2D eigenvalue weighted by Gasteiger charge is 2.19. The van der Waals surface area contributed by atoms with E-state index in [1.54, 1.807) is 6.07 Å². The lowest BCUT2D eigenvalue weighted by atomic mass is 9.79. The maximum absolute atomic E-state index is 13.6. The zero-order chi connectivity index (χ0) is 15.8. The molecule has 1 nitrogen and oxygen atoms in total. The molecule has 0 radical (unpaired) electrons. The van der Waals surface area contributed by atoms with Crippen molar-refractivity contribution in [2.45, 2.75) is 44.9 Å². The van der Waals surface area contributed by atoms with Gasteiger partial charge in [0.05, 0.1) is 12.2 Å². The van der Waals surface area contributed by atoms with Gasteiger partial charge >= 0.3 is 0 Å². The van der Waals surface area contributed by atoms with Crippen molar-refractivity contribution >= 4 is 0 Å². The van der Waals surface area contributed by atoms with Crippen molar-refractivity contribution in [3.63, 3.8) is 0 Å². The highest BCUT2D eigenvalue weighted by molar-refractivity contribution is 5.33. The summed E-state index contributed by atoms with van der Waals surface area (Å²) in [4.78, 5) is 0. The Balaban J connectivity index is 1.75. The topological polar surface area (TPSA) is 23.8 Å². The highest BCUT2D eigenvalue weighted by Crippen LogP contribution is 2.32. The van der Waals surface area contributed by atoms with Crippen LogP contribution in [0.1, 0.15) is 49.7 Å². The summed E-state index contributed by atoms with van der Waals surface area (Å²) in [7, 11) is 0. The third kappa shape index (κ3) is 4.94. The van der Waals surface area contributed by atoms with Crippen molar-refractivity contribution in [1.29, 1.82) is 5.26 Å². The third-order valence-corrected chi connectivity index (χ3v) is 4.57. The van der Waals surface area contributed by atoms with Crippen LogP contribution in [0.2, 0.25) is 0 Å². The molecule has 1 saturated carbocycles. The first-order valence-electron chi connectivity index (χ1n) is 8.14. The maximum Gasteiger partial charge on any atom is 0.141 e. The molecule has 118 valence electrons. The van der Waals surface area contributed by atoms with Gasteiger partial charge in [0.2, 0.25) is 0 Å². The van der Waals surface area contributed by atoms with Gasteiger partial charge in [0.1, 0.15) is 11.9 Å². The molecule has 1 fully saturated rings. The fraction of sp³-hybridized carbons (Fsp3) is 0.526. The second kappa shape index (κ2) is 8.68. The zero-order valence-electron chi connectivity index (χ0n) is 12.9. The second-order valence-electron chi connectivity index (χ2n) is 6.15. The van der Waals surface area contributed by atoms with Crippen LogP contribution in [0.4, 0.5) is 8.78 Å². The standard InChI is InChI=1S/C19H23F2N/c20-12-2-1-3-15-4-6-16(7-5-15)8-9-17-10-11-18(14-22)19(21)13-17/h1,3,10-11,13,15-16H,2,4-9,12H2/b3-1+/t15-,16-. The van der Waals surface area contributed by atoms with Gasteiger partial charge in [-0.15, -0.1) is 0 Å². The van der Waals surface area contributed by atoms with Crippen LogP contribution >= 0.6 is 0 Å². The molecular formula is C19H23F2N. The second-order valence-corrected chi connectivity index (χ2v) is 6.15. The number of benzene rings is 1. The molecule has 0 aromatic heterocycles. The minimum atomic E-state index is -0.415. The van der Waals surface area contributed by atoms with E-state index in [1.165, 1.54) is 31.7 Å². The Morgan fingerprint density at radius 3 is 2.64 bits per heavy atom. The van der Waals surface area contributed by atoms with Gasteiger partial charge in [0.15, 0.2) is 0 Å². The lowest BCUT2D eigenvalue weighted by Crippen LogP contribution is -2.13. The molecule has 22 heavy (non-hydrogen) atoms. The predicted octanol–water partition coefficient (Wildman–Crippen LogP) is 5.35. The number of allylic oxidation sites excluding steroid dienone is 2. The number of nitriles is 1. The van der Waals surface area contributed by atoms with Crippen LogP contribution in [0.25, 0.3) is 0 Å². The molecule has 1 aliphatic carbocycles. The van der Waals surface area contributed by atoms with Crippen molar-refractivity contribution in [3.05, 3.63) is 47.3 Å². The first-order valence-corrected chi connectivity index (χ1v) is 8.14. The Kier molecular flexibility index (Phi) is 6.58. The van der Waals surface area contributed by atoms with Crippen LogP contribution in [0.3, 0.4) is 0 Å². The molecule has 0 saturated heterocycles. The quantitative estimate of drug-likeness (QED) is 0.650. The number of nitrogens with zero attached hydrogens (tertiary/aromatic N) is 1. The smallest absolute Gasteiger partial charge is 0.141 e. The lowest BCUT2D eigenvalue weighted by molar-refractivity contribution is 0.295. The summed E-state index contributed by atoms with van der Waals surface area (Å²) >= 11 is 0. The molecule has 0 spiro atoms. The molecule has 0 heterocycles. The number of hydrogen-bond acceptors (Lipinski definition) is 1. The fourth-order valence-corrected chi connectivity index (χ4v) is 3.20. The molecule has 1 aliphatic rings. The average molecular weight is 303 g/mol. The first kappa shape index (κ1) is 16.7. The van der Waals surface area contributed by atoms with E-state index in [-0.39, 0.29) is 12.2 Å². The number of halogens is 2. The van der Waals surface area contributed by atoms with Gasteiger partial charge in [-0.1, -0.05) is 18.2 Å². The van der Waals surface area contributed by atoms with E-state index in [2.05, 4.69) is 6.08 Å². The maximum atomic E-state index is 13.6. The predicted molar refractivity (Wildman–Crippen MR) is 84.6 cm³/mol. The minimum absolute atomic E-state index is 0.115. The molecule has 0 N–H and O–H groups in total. The van der Waals surface area contributed by atoms with E-state index in [1.807, 2.05) is 18.2 Å². The van der Waals surface area contributed by atoms with Crippen LogP contribution in [0, 0.1) is 29.0 Å². The van der Waals surface area contributed by atoms with Gasteiger partial charge in [-0.05, 0) is 74.5 Å². The van der Waals surface area contributed by atoms with Crippen LogP contribution in [-0.2, 0) is 6.42 Å². The molecule has 0 amide bonds. The Labute approximate surface area is 131 Å². The summed E-state index contributed by atoms with van der Waals surface area (Å²) in [5.74, 6) is 0.890. The van der Waals surface area contributed by atoms with Crippen molar-refractivity contribution in [2.24, 2.45) is 11.8 Å². The Bertz CT molecular complexity index is 537. The van der Waals surface area contributed by atoms with E-state index in [0.717, 1.165) is 18.4 Å². The SMILES string of the molecule is N#Cc1ccc(CC[C@H]2CC[C@H](/C=C/CCF)CC2)cc1F. The van der Waals surface area contributed by atoms with Crippen LogP contribution in [-0.4, -0.2) is 6.67 Å². The lowest BCUT2D eigenvalue weighted by Gasteiger charge is -2.26. The van der Waals surface area contributed by atoms with Gasteiger partial charge in [-0.2, -0.15) is 5.26 Å². The van der Waals surface area contributed by atoms with Gasteiger partial charge in [-0.3, -0.25) is 4.39 Å². The molecule has 0 unspecified atom stereocenters. The van der Waals surface area contributed by atoms with Gasteiger partial charge in [0.25, 0.3) is 0 Å². The molecule has 0 atom stereocenters. The number of rotatable bonds is 6. The number of aryl methyl sites for hydroxylation is 1. The summed E-state index contributed by atoms with van der Waals surface area (Å²) < 4.78 is 25.6. The monoisotopic (exact) mass is 303 g/mol. The normalized spacial score (nSPS) is 21.9. The molecule has 2 rings (SSSR count). The zero-order valence-corrected chi connectivity index (χ0v) is 12.9. The largest absolute Gasteiger partial charge is 0.251 e. The van der Waals surface area contributed by atoms with Crippen LogP contribution in [0.15, 0.2) is 30.4 Å². The molecule has 1 aromatic rings. The van der Waals surface area contributed by atoms with Crippen molar-refractivity contribution < 1.29 is 8.78 Å². The summed E-state index contributed by atoms with van der Waals surface area (Å²) in [6.07, 6.45) is 11.4. The van der Waals surface area contributed by atoms with Crippen molar-refractivity contribution in [3.8, 4) is 6.07 Å². The minimum Gasteiger partial charge on any atom is -0.251 e. The number of alkyl halides is 1.